The lowest BCUT2D eigenvalue weighted by Crippen LogP contribution is -2.19. The normalized spacial score (nSPS) is 24.0. The predicted molar refractivity (Wildman–Crippen MR) is 52.4 cm³/mol. The van der Waals surface area contributed by atoms with E-state index in [1.165, 1.54) is 25.2 Å². The monoisotopic (exact) mass is 179 g/mol. The first kappa shape index (κ1) is 8.75. The summed E-state index contributed by atoms with van der Waals surface area (Å²) in [6.07, 6.45) is 3.28. The lowest BCUT2D eigenvalue weighted by molar-refractivity contribution is 0.317. The largest absolute Gasteiger partial charge is 0.345 e. The molecule has 2 heterocycles. The van der Waals surface area contributed by atoms with Crippen LogP contribution in [-0.2, 0) is 6.54 Å². The fourth-order valence-corrected chi connectivity index (χ4v) is 1.96. The number of nitrogens with one attached hydrogen (secondary N) is 1. The highest BCUT2D eigenvalue weighted by Crippen LogP contribution is 2.16. The van der Waals surface area contributed by atoms with E-state index < -0.39 is 0 Å². The molecule has 0 amide bonds. The quantitative estimate of drug-likeness (QED) is 0.747. The van der Waals surface area contributed by atoms with Crippen molar-refractivity contribution in [2.24, 2.45) is 5.92 Å². The number of nitrogens with zero attached hydrogens (tertiary/aromatic N) is 2. The van der Waals surface area contributed by atoms with Gasteiger partial charge in [-0.05, 0) is 25.8 Å². The third-order valence-electron chi connectivity index (χ3n) is 2.66. The smallest absolute Gasteiger partial charge is 0.103 e. The highest BCUT2D eigenvalue weighted by atomic mass is 15.2. The van der Waals surface area contributed by atoms with Crippen molar-refractivity contribution in [3.8, 4) is 0 Å². The molecular weight excluding hydrogens is 162 g/mol. The lowest BCUT2D eigenvalue weighted by atomic mass is 10.2. The zero-order chi connectivity index (χ0) is 9.26. The SMILES string of the molecule is Cc1ncc(CN2CCC(C)C2)[nH]1. The number of imidazole rings is 1. The molecular formula is C10H17N3. The van der Waals surface area contributed by atoms with Crippen molar-refractivity contribution in [1.29, 1.82) is 0 Å². The molecule has 72 valence electrons. The first-order chi connectivity index (χ1) is 6.24. The average Bonchev–Trinajstić information content (AvgIpc) is 2.62. The minimum absolute atomic E-state index is 0.865. The summed E-state index contributed by atoms with van der Waals surface area (Å²) < 4.78 is 0. The summed E-state index contributed by atoms with van der Waals surface area (Å²) in [4.78, 5) is 9.94. The fraction of sp³-hybridized carbons (Fsp3) is 0.700. The van der Waals surface area contributed by atoms with Gasteiger partial charge in [0, 0.05) is 25.0 Å². The molecule has 1 atom stereocenters. The lowest BCUT2D eigenvalue weighted by Gasteiger charge is -2.13. The number of aromatic amines is 1. The molecule has 1 aliphatic rings. The topological polar surface area (TPSA) is 31.9 Å². The van der Waals surface area contributed by atoms with Gasteiger partial charge < -0.3 is 4.98 Å². The Hall–Kier alpha value is -0.830. The van der Waals surface area contributed by atoms with Crippen LogP contribution in [0.2, 0.25) is 0 Å². The van der Waals surface area contributed by atoms with Gasteiger partial charge >= 0.3 is 0 Å². The molecule has 0 spiro atoms. The zero-order valence-corrected chi connectivity index (χ0v) is 8.38. The molecule has 0 bridgehead atoms. The van der Waals surface area contributed by atoms with Crippen LogP contribution >= 0.6 is 0 Å². The van der Waals surface area contributed by atoms with Crippen molar-refractivity contribution in [3.63, 3.8) is 0 Å². The summed E-state index contributed by atoms with van der Waals surface area (Å²) in [5.41, 5.74) is 1.24. The molecule has 3 heteroatoms. The van der Waals surface area contributed by atoms with Gasteiger partial charge in [-0.1, -0.05) is 6.92 Å². The van der Waals surface area contributed by atoms with Gasteiger partial charge in [-0.3, -0.25) is 4.90 Å². The maximum Gasteiger partial charge on any atom is 0.103 e. The Morgan fingerprint density at radius 3 is 3.08 bits per heavy atom. The summed E-state index contributed by atoms with van der Waals surface area (Å²) >= 11 is 0. The van der Waals surface area contributed by atoms with Crippen LogP contribution in [0, 0.1) is 12.8 Å². The molecule has 13 heavy (non-hydrogen) atoms. The van der Waals surface area contributed by atoms with Gasteiger partial charge in [0.2, 0.25) is 0 Å². The van der Waals surface area contributed by atoms with Gasteiger partial charge in [-0.2, -0.15) is 0 Å². The van der Waals surface area contributed by atoms with E-state index in [4.69, 9.17) is 0 Å². The van der Waals surface area contributed by atoms with Crippen LogP contribution in [0.1, 0.15) is 24.9 Å². The van der Waals surface area contributed by atoms with Gasteiger partial charge in [0.05, 0.1) is 0 Å². The standard InChI is InChI=1S/C10H17N3/c1-8-3-4-13(6-8)7-10-5-11-9(2)12-10/h5,8H,3-4,6-7H2,1-2H3,(H,11,12). The molecule has 1 aromatic rings. The van der Waals surface area contributed by atoms with Crippen molar-refractivity contribution in [1.82, 2.24) is 14.9 Å². The number of aryl methyl sites for hydroxylation is 1. The Balaban J connectivity index is 1.91. The van der Waals surface area contributed by atoms with E-state index in [0.717, 1.165) is 18.3 Å². The van der Waals surface area contributed by atoms with Gasteiger partial charge in [-0.15, -0.1) is 0 Å². The molecule has 0 radical (unpaired) electrons. The Morgan fingerprint density at radius 2 is 2.54 bits per heavy atom. The maximum atomic E-state index is 4.20. The van der Waals surface area contributed by atoms with Gasteiger partial charge in [0.1, 0.15) is 5.82 Å². The second kappa shape index (κ2) is 3.50. The Morgan fingerprint density at radius 1 is 1.69 bits per heavy atom. The molecule has 3 nitrogen and oxygen atoms in total. The molecule has 1 saturated heterocycles. The van der Waals surface area contributed by atoms with Crippen LogP contribution in [0.3, 0.4) is 0 Å². The van der Waals surface area contributed by atoms with Crippen LogP contribution in [0.15, 0.2) is 6.20 Å². The summed E-state index contributed by atoms with van der Waals surface area (Å²) in [5.74, 6) is 1.88. The third kappa shape index (κ3) is 2.10. The highest BCUT2D eigenvalue weighted by molar-refractivity contribution is 5.00. The molecule has 0 aromatic carbocycles. The van der Waals surface area contributed by atoms with Crippen LogP contribution in [-0.4, -0.2) is 28.0 Å². The van der Waals surface area contributed by atoms with E-state index in [9.17, 15) is 0 Å². The molecule has 1 unspecified atom stereocenters. The molecule has 0 saturated carbocycles. The Bertz CT molecular complexity index is 279. The van der Waals surface area contributed by atoms with Crippen molar-refractivity contribution in [2.45, 2.75) is 26.8 Å². The van der Waals surface area contributed by atoms with E-state index in [1.54, 1.807) is 0 Å². The van der Waals surface area contributed by atoms with E-state index in [2.05, 4.69) is 21.8 Å². The first-order valence-electron chi connectivity index (χ1n) is 4.97. The number of H-pyrrole nitrogens is 1. The molecule has 2 rings (SSSR count). The molecule has 1 N–H and O–H groups in total. The van der Waals surface area contributed by atoms with Gasteiger partial charge in [0.25, 0.3) is 0 Å². The third-order valence-corrected chi connectivity index (χ3v) is 2.66. The van der Waals surface area contributed by atoms with Gasteiger partial charge in [0.15, 0.2) is 0 Å². The molecule has 1 aromatic heterocycles. The van der Waals surface area contributed by atoms with E-state index in [0.29, 0.717) is 0 Å². The number of likely N-dealkylation sites (tertiary alicyclic amines) is 1. The Kier molecular flexibility index (Phi) is 2.36. The van der Waals surface area contributed by atoms with E-state index >= 15 is 0 Å². The number of hydrogen-bond donors (Lipinski definition) is 1. The fourth-order valence-electron chi connectivity index (χ4n) is 1.96. The predicted octanol–water partition coefficient (Wildman–Crippen LogP) is 1.56. The average molecular weight is 179 g/mol. The van der Waals surface area contributed by atoms with Gasteiger partial charge in [-0.25, -0.2) is 4.98 Å². The minimum Gasteiger partial charge on any atom is -0.345 e. The van der Waals surface area contributed by atoms with Crippen LogP contribution < -0.4 is 0 Å². The summed E-state index contributed by atoms with van der Waals surface area (Å²) in [7, 11) is 0. The second-order valence-electron chi connectivity index (χ2n) is 4.12. The first-order valence-corrected chi connectivity index (χ1v) is 4.97. The number of aromatic nitrogens is 2. The number of hydrogen-bond acceptors (Lipinski definition) is 2. The minimum atomic E-state index is 0.865. The summed E-state index contributed by atoms with van der Waals surface area (Å²) in [6, 6.07) is 0. The van der Waals surface area contributed by atoms with E-state index in [1.807, 2.05) is 13.1 Å². The Labute approximate surface area is 79.2 Å². The maximum absolute atomic E-state index is 4.20. The van der Waals surface area contributed by atoms with Crippen LogP contribution in [0.4, 0.5) is 0 Å². The molecule has 1 fully saturated rings. The molecule has 1 aliphatic heterocycles. The second-order valence-corrected chi connectivity index (χ2v) is 4.12. The number of rotatable bonds is 2. The van der Waals surface area contributed by atoms with Crippen molar-refractivity contribution in [3.05, 3.63) is 17.7 Å². The van der Waals surface area contributed by atoms with Crippen LogP contribution in [0.25, 0.3) is 0 Å². The molecule has 0 aliphatic carbocycles. The summed E-state index contributed by atoms with van der Waals surface area (Å²) in [6.45, 7) is 7.82. The highest BCUT2D eigenvalue weighted by Gasteiger charge is 2.18. The zero-order valence-electron chi connectivity index (χ0n) is 8.38. The van der Waals surface area contributed by atoms with Crippen molar-refractivity contribution >= 4 is 0 Å². The van der Waals surface area contributed by atoms with Crippen molar-refractivity contribution in [2.75, 3.05) is 13.1 Å². The van der Waals surface area contributed by atoms with E-state index in [-0.39, 0.29) is 0 Å². The summed E-state index contributed by atoms with van der Waals surface area (Å²) in [5, 5.41) is 0. The van der Waals surface area contributed by atoms with Crippen LogP contribution in [0.5, 0.6) is 0 Å². The van der Waals surface area contributed by atoms with Crippen molar-refractivity contribution < 1.29 is 0 Å².